The molecule has 6 heteroatoms. The summed E-state index contributed by atoms with van der Waals surface area (Å²) in [5.41, 5.74) is 5.92. The van der Waals surface area contributed by atoms with E-state index in [1.54, 1.807) is 12.1 Å². The molecule has 5 nitrogen and oxygen atoms in total. The first-order chi connectivity index (χ1) is 9.47. The molecule has 0 amide bonds. The number of hydrogen-bond acceptors (Lipinski definition) is 5. The maximum absolute atomic E-state index is 14.2. The van der Waals surface area contributed by atoms with E-state index in [4.69, 9.17) is 19.7 Å². The van der Waals surface area contributed by atoms with Gasteiger partial charge in [-0.25, -0.2) is 4.39 Å². The molecular weight excluding hydrogens is 263 g/mol. The summed E-state index contributed by atoms with van der Waals surface area (Å²) < 4.78 is 30.3. The molecule has 0 bridgehead atoms. The van der Waals surface area contributed by atoms with Crippen molar-refractivity contribution < 1.29 is 18.4 Å². The smallest absolute Gasteiger partial charge is 0.230 e. The normalized spacial score (nSPS) is 14.3. The van der Waals surface area contributed by atoms with Crippen LogP contribution in [-0.2, 0) is 5.67 Å². The highest BCUT2D eigenvalue weighted by Crippen LogP contribution is 2.45. The fraction of sp³-hybridized carbons (Fsp3) is 0.357. The highest BCUT2D eigenvalue weighted by Gasteiger charge is 2.27. The molecule has 0 spiro atoms. The monoisotopic (exact) mass is 278 g/mol. The van der Waals surface area contributed by atoms with Gasteiger partial charge in [-0.2, -0.15) is 0 Å². The summed E-state index contributed by atoms with van der Waals surface area (Å²) in [6.07, 6.45) is 1.48. The van der Waals surface area contributed by atoms with E-state index in [0.717, 1.165) is 0 Å². The molecule has 0 aliphatic carbocycles. The molecule has 0 radical (unpaired) electrons. The number of halogens is 1. The van der Waals surface area contributed by atoms with E-state index in [-0.39, 0.29) is 5.88 Å². The second kappa shape index (κ2) is 4.40. The molecule has 106 valence electrons. The van der Waals surface area contributed by atoms with Crippen LogP contribution in [0.3, 0.4) is 0 Å². The van der Waals surface area contributed by atoms with Crippen LogP contribution in [0.4, 0.5) is 10.3 Å². The Morgan fingerprint density at radius 1 is 1.20 bits per heavy atom. The summed E-state index contributed by atoms with van der Waals surface area (Å²) in [6.45, 7) is 3.84. The van der Waals surface area contributed by atoms with Crippen molar-refractivity contribution >= 4 is 5.88 Å². The zero-order valence-corrected chi connectivity index (χ0v) is 11.3. The van der Waals surface area contributed by atoms with Gasteiger partial charge in [-0.3, -0.25) is 0 Å². The summed E-state index contributed by atoms with van der Waals surface area (Å²) in [6, 6.07) is 3.35. The number of nitrogens with two attached hydrogens (primary N) is 1. The average Bonchev–Trinajstić information content (AvgIpc) is 2.82. The molecular formula is C14H15FN2O3. The Balaban J connectivity index is 2.24. The lowest BCUT2D eigenvalue weighted by Gasteiger charge is -2.24. The lowest BCUT2D eigenvalue weighted by molar-refractivity contribution is 0.170. The number of rotatable bonds is 2. The van der Waals surface area contributed by atoms with E-state index >= 15 is 0 Å². The number of ether oxygens (including phenoxy) is 2. The van der Waals surface area contributed by atoms with Gasteiger partial charge >= 0.3 is 0 Å². The summed E-state index contributed by atoms with van der Waals surface area (Å²) in [5, 5.41) is 3.65. The van der Waals surface area contributed by atoms with E-state index < -0.39 is 5.67 Å². The topological polar surface area (TPSA) is 70.5 Å². The van der Waals surface area contributed by atoms with Crippen LogP contribution in [0.25, 0.3) is 11.1 Å². The number of aromatic nitrogens is 1. The summed E-state index contributed by atoms with van der Waals surface area (Å²) in [5.74, 6) is 1.21. The molecule has 2 heterocycles. The fourth-order valence-corrected chi connectivity index (χ4v) is 2.15. The molecule has 0 saturated heterocycles. The van der Waals surface area contributed by atoms with Gasteiger partial charge < -0.3 is 19.7 Å². The predicted molar refractivity (Wildman–Crippen MR) is 71.5 cm³/mol. The van der Waals surface area contributed by atoms with Gasteiger partial charge in [0.25, 0.3) is 0 Å². The summed E-state index contributed by atoms with van der Waals surface area (Å²) in [7, 11) is 0. The Kier molecular flexibility index (Phi) is 2.81. The Bertz CT molecular complexity index is 646. The van der Waals surface area contributed by atoms with Crippen LogP contribution in [0.2, 0.25) is 0 Å². The number of hydrogen-bond donors (Lipinski definition) is 1. The number of benzene rings is 1. The van der Waals surface area contributed by atoms with Gasteiger partial charge in [0.05, 0.1) is 11.8 Å². The second-order valence-electron chi connectivity index (χ2n) is 5.12. The van der Waals surface area contributed by atoms with Crippen molar-refractivity contribution in [3.63, 3.8) is 0 Å². The maximum Gasteiger partial charge on any atom is 0.230 e. The van der Waals surface area contributed by atoms with Gasteiger partial charge in [-0.05, 0) is 31.5 Å². The Hall–Kier alpha value is -2.24. The molecule has 0 atom stereocenters. The maximum atomic E-state index is 14.2. The van der Waals surface area contributed by atoms with E-state index in [1.807, 2.05) is 0 Å². The van der Waals surface area contributed by atoms with Gasteiger partial charge in [-0.15, -0.1) is 0 Å². The molecule has 2 N–H and O–H groups in total. The van der Waals surface area contributed by atoms with Gasteiger partial charge in [-0.1, -0.05) is 5.16 Å². The van der Waals surface area contributed by atoms with Crippen LogP contribution >= 0.6 is 0 Å². The molecule has 2 aromatic rings. The zero-order valence-electron chi connectivity index (χ0n) is 11.3. The van der Waals surface area contributed by atoms with Crippen molar-refractivity contribution in [1.82, 2.24) is 5.16 Å². The summed E-state index contributed by atoms with van der Waals surface area (Å²) in [4.78, 5) is 0. The summed E-state index contributed by atoms with van der Waals surface area (Å²) >= 11 is 0. The van der Waals surface area contributed by atoms with Crippen molar-refractivity contribution in [3.05, 3.63) is 23.9 Å². The minimum Gasteiger partial charge on any atom is -0.486 e. The first kappa shape index (κ1) is 12.8. The molecule has 1 aliphatic rings. The number of nitrogens with zero attached hydrogens (tertiary/aromatic N) is 1. The third-order valence-electron chi connectivity index (χ3n) is 3.22. The highest BCUT2D eigenvalue weighted by atomic mass is 19.1. The van der Waals surface area contributed by atoms with Gasteiger partial charge in [0, 0.05) is 5.56 Å². The molecule has 1 aromatic heterocycles. The lowest BCUT2D eigenvalue weighted by Crippen LogP contribution is -2.18. The van der Waals surface area contributed by atoms with E-state index in [9.17, 15) is 4.39 Å². The van der Waals surface area contributed by atoms with Gasteiger partial charge in [0.1, 0.15) is 18.9 Å². The fourth-order valence-electron chi connectivity index (χ4n) is 2.15. The second-order valence-corrected chi connectivity index (χ2v) is 5.12. The van der Waals surface area contributed by atoms with Crippen LogP contribution in [0.5, 0.6) is 11.5 Å². The van der Waals surface area contributed by atoms with Crippen LogP contribution in [0.15, 0.2) is 22.9 Å². The molecule has 0 fully saturated rings. The molecule has 0 unspecified atom stereocenters. The standard InChI is InChI=1S/C14H15FN2O3/c1-14(2,15)8-5-9(10-7-17-20-13(10)16)12-11(6-8)18-3-4-19-12/h5-7H,3-4,16H2,1-2H3. The Morgan fingerprint density at radius 3 is 2.60 bits per heavy atom. The quantitative estimate of drug-likeness (QED) is 0.914. The molecule has 1 aromatic carbocycles. The predicted octanol–water partition coefficient (Wildman–Crippen LogP) is 2.90. The Morgan fingerprint density at radius 2 is 1.95 bits per heavy atom. The third-order valence-corrected chi connectivity index (χ3v) is 3.22. The Labute approximate surface area is 115 Å². The van der Waals surface area contributed by atoms with Crippen molar-refractivity contribution in [2.24, 2.45) is 0 Å². The molecule has 1 aliphatic heterocycles. The van der Waals surface area contributed by atoms with E-state index in [0.29, 0.717) is 41.4 Å². The molecule has 20 heavy (non-hydrogen) atoms. The van der Waals surface area contributed by atoms with E-state index in [1.165, 1.54) is 20.0 Å². The van der Waals surface area contributed by atoms with Gasteiger partial charge in [0.15, 0.2) is 11.5 Å². The number of fused-ring (bicyclic) bond motifs is 1. The van der Waals surface area contributed by atoms with Crippen molar-refractivity contribution in [3.8, 4) is 22.6 Å². The minimum absolute atomic E-state index is 0.162. The number of anilines is 1. The van der Waals surface area contributed by atoms with Crippen molar-refractivity contribution in [2.75, 3.05) is 18.9 Å². The lowest BCUT2D eigenvalue weighted by atomic mass is 9.94. The van der Waals surface area contributed by atoms with E-state index in [2.05, 4.69) is 5.16 Å². The SMILES string of the molecule is CC(C)(F)c1cc2c(c(-c3cnoc3N)c1)OCCO2. The largest absolute Gasteiger partial charge is 0.486 e. The van der Waals surface area contributed by atoms with Crippen LogP contribution in [-0.4, -0.2) is 18.4 Å². The number of alkyl halides is 1. The first-order valence-corrected chi connectivity index (χ1v) is 6.30. The number of nitrogen functional groups attached to an aromatic ring is 1. The van der Waals surface area contributed by atoms with Crippen LogP contribution < -0.4 is 15.2 Å². The molecule has 0 saturated carbocycles. The zero-order chi connectivity index (χ0) is 14.3. The first-order valence-electron chi connectivity index (χ1n) is 6.30. The van der Waals surface area contributed by atoms with Crippen LogP contribution in [0.1, 0.15) is 19.4 Å². The van der Waals surface area contributed by atoms with Crippen molar-refractivity contribution in [1.29, 1.82) is 0 Å². The van der Waals surface area contributed by atoms with Crippen molar-refractivity contribution in [2.45, 2.75) is 19.5 Å². The molecule has 3 rings (SSSR count). The van der Waals surface area contributed by atoms with Crippen LogP contribution in [0, 0.1) is 0 Å². The highest BCUT2D eigenvalue weighted by molar-refractivity contribution is 5.80. The average molecular weight is 278 g/mol. The third kappa shape index (κ3) is 2.07. The van der Waals surface area contributed by atoms with Gasteiger partial charge in [0.2, 0.25) is 5.88 Å². The minimum atomic E-state index is -1.50.